The molecule has 2 aromatic heterocycles. The highest BCUT2D eigenvalue weighted by molar-refractivity contribution is 6.99. The van der Waals surface area contributed by atoms with Gasteiger partial charge < -0.3 is 4.90 Å². The molecule has 0 aliphatic carbocycles. The van der Waals surface area contributed by atoms with Crippen LogP contribution in [0.25, 0.3) is 0 Å². The summed E-state index contributed by atoms with van der Waals surface area (Å²) in [5, 5.41) is 4.37. The number of nitrogens with zero attached hydrogens (tertiary/aromatic N) is 5. The van der Waals surface area contributed by atoms with Crippen LogP contribution in [0.5, 0.6) is 0 Å². The Balaban J connectivity index is 1.74. The van der Waals surface area contributed by atoms with Crippen molar-refractivity contribution in [2.45, 2.75) is 19.4 Å². The molecule has 1 unspecified atom stereocenters. The van der Waals surface area contributed by atoms with Crippen LogP contribution in [0.2, 0.25) is 0 Å². The van der Waals surface area contributed by atoms with Gasteiger partial charge in [0, 0.05) is 19.3 Å². The highest BCUT2D eigenvalue weighted by Gasteiger charge is 2.25. The fourth-order valence-corrected chi connectivity index (χ4v) is 2.53. The zero-order valence-corrected chi connectivity index (χ0v) is 9.89. The summed E-state index contributed by atoms with van der Waals surface area (Å²) in [6.07, 6.45) is 6.97. The quantitative estimate of drug-likeness (QED) is 0.791. The molecule has 16 heavy (non-hydrogen) atoms. The highest BCUT2D eigenvalue weighted by atomic mass is 32.1. The van der Waals surface area contributed by atoms with Gasteiger partial charge in [-0.1, -0.05) is 0 Å². The summed E-state index contributed by atoms with van der Waals surface area (Å²) in [5.74, 6) is 0.997. The van der Waals surface area contributed by atoms with Crippen LogP contribution >= 0.6 is 11.7 Å². The van der Waals surface area contributed by atoms with E-state index in [0.717, 1.165) is 25.3 Å². The summed E-state index contributed by atoms with van der Waals surface area (Å²) < 4.78 is 10.4. The summed E-state index contributed by atoms with van der Waals surface area (Å²) in [6, 6.07) is 0.468. The third-order valence-electron chi connectivity index (χ3n) is 2.94. The lowest BCUT2D eigenvalue weighted by atomic mass is 10.3. The second kappa shape index (κ2) is 3.86. The summed E-state index contributed by atoms with van der Waals surface area (Å²) in [6.45, 7) is 4.09. The molecular weight excluding hydrogens is 222 g/mol. The third-order valence-corrected chi connectivity index (χ3v) is 3.41. The number of aryl methyl sites for hydroxylation is 1. The Morgan fingerprint density at radius 3 is 3.06 bits per heavy atom. The zero-order valence-electron chi connectivity index (χ0n) is 9.08. The summed E-state index contributed by atoms with van der Waals surface area (Å²) in [5.41, 5.74) is 1.22. The van der Waals surface area contributed by atoms with E-state index in [9.17, 15) is 0 Å². The van der Waals surface area contributed by atoms with Crippen molar-refractivity contribution in [2.24, 2.45) is 0 Å². The van der Waals surface area contributed by atoms with E-state index in [2.05, 4.69) is 36.5 Å². The third kappa shape index (κ3) is 1.69. The first-order chi connectivity index (χ1) is 7.83. The molecule has 1 atom stereocenters. The highest BCUT2D eigenvalue weighted by Crippen LogP contribution is 2.25. The van der Waals surface area contributed by atoms with Gasteiger partial charge in [0.2, 0.25) is 0 Å². The van der Waals surface area contributed by atoms with Crippen molar-refractivity contribution in [3.63, 3.8) is 0 Å². The lowest BCUT2D eigenvalue weighted by Crippen LogP contribution is -2.21. The van der Waals surface area contributed by atoms with Gasteiger partial charge in [0.15, 0.2) is 5.82 Å². The molecule has 6 heteroatoms. The lowest BCUT2D eigenvalue weighted by Gasteiger charge is -2.14. The fourth-order valence-electron chi connectivity index (χ4n) is 2.10. The Kier molecular flexibility index (Phi) is 2.36. The summed E-state index contributed by atoms with van der Waals surface area (Å²) in [4.78, 5) is 2.27. The van der Waals surface area contributed by atoms with Gasteiger partial charge in [0.05, 0.1) is 30.2 Å². The minimum atomic E-state index is 0.468. The Morgan fingerprint density at radius 1 is 1.44 bits per heavy atom. The predicted molar refractivity (Wildman–Crippen MR) is 62.7 cm³/mol. The van der Waals surface area contributed by atoms with Crippen molar-refractivity contribution in [2.75, 3.05) is 18.0 Å². The van der Waals surface area contributed by atoms with Gasteiger partial charge in [-0.25, -0.2) is 0 Å². The largest absolute Gasteiger partial charge is 0.352 e. The average Bonchev–Trinajstić information content (AvgIpc) is 2.97. The standard InChI is InChI=1S/C10H13N5S/c1-8-4-11-15(6-8)9-2-3-14(7-9)10-5-12-16-13-10/h4-6,9H,2-3,7H2,1H3. The molecule has 0 amide bonds. The van der Waals surface area contributed by atoms with Crippen LogP contribution in [-0.2, 0) is 0 Å². The van der Waals surface area contributed by atoms with Crippen molar-refractivity contribution >= 4 is 17.5 Å². The molecule has 1 saturated heterocycles. The fraction of sp³-hybridized carbons (Fsp3) is 0.500. The Morgan fingerprint density at radius 2 is 2.38 bits per heavy atom. The molecule has 0 radical (unpaired) electrons. The van der Waals surface area contributed by atoms with E-state index in [1.54, 1.807) is 0 Å². The van der Waals surface area contributed by atoms with Crippen LogP contribution in [0, 0.1) is 6.92 Å². The van der Waals surface area contributed by atoms with Crippen molar-refractivity contribution in [3.05, 3.63) is 24.2 Å². The zero-order chi connectivity index (χ0) is 11.0. The molecule has 1 aliphatic heterocycles. The smallest absolute Gasteiger partial charge is 0.162 e. The van der Waals surface area contributed by atoms with Gasteiger partial charge in [-0.05, 0) is 18.9 Å². The first-order valence-corrected chi connectivity index (χ1v) is 6.09. The molecule has 0 spiro atoms. The molecule has 3 heterocycles. The second-order valence-electron chi connectivity index (χ2n) is 4.15. The molecule has 2 aromatic rings. The number of aromatic nitrogens is 4. The molecule has 0 bridgehead atoms. The van der Waals surface area contributed by atoms with Gasteiger partial charge in [-0.2, -0.15) is 13.8 Å². The molecule has 0 aromatic carbocycles. The predicted octanol–water partition coefficient (Wildman–Crippen LogP) is 1.49. The lowest BCUT2D eigenvalue weighted by molar-refractivity contribution is 0.494. The minimum Gasteiger partial charge on any atom is -0.352 e. The molecule has 1 aliphatic rings. The Hall–Kier alpha value is -1.43. The van der Waals surface area contributed by atoms with E-state index < -0.39 is 0 Å². The van der Waals surface area contributed by atoms with Crippen molar-refractivity contribution in [1.29, 1.82) is 0 Å². The number of hydrogen-bond donors (Lipinski definition) is 0. The SMILES string of the molecule is Cc1cnn(C2CCN(c3cnsn3)C2)c1. The van der Waals surface area contributed by atoms with Gasteiger partial charge in [0.1, 0.15) is 0 Å². The number of hydrogen-bond acceptors (Lipinski definition) is 5. The normalized spacial score (nSPS) is 20.6. The van der Waals surface area contributed by atoms with E-state index in [1.165, 1.54) is 17.3 Å². The van der Waals surface area contributed by atoms with Crippen molar-refractivity contribution in [3.8, 4) is 0 Å². The van der Waals surface area contributed by atoms with Gasteiger partial charge in [-0.15, -0.1) is 0 Å². The van der Waals surface area contributed by atoms with Crippen LogP contribution in [0.15, 0.2) is 18.6 Å². The maximum atomic E-state index is 4.37. The molecule has 5 nitrogen and oxygen atoms in total. The van der Waals surface area contributed by atoms with Crippen molar-refractivity contribution in [1.82, 2.24) is 18.5 Å². The molecular formula is C10H13N5S. The van der Waals surface area contributed by atoms with Gasteiger partial charge in [-0.3, -0.25) is 4.68 Å². The molecule has 0 N–H and O–H groups in total. The van der Waals surface area contributed by atoms with Gasteiger partial charge >= 0.3 is 0 Å². The molecule has 1 fully saturated rings. The van der Waals surface area contributed by atoms with Crippen LogP contribution in [0.4, 0.5) is 5.82 Å². The van der Waals surface area contributed by atoms with Crippen LogP contribution in [0.3, 0.4) is 0 Å². The minimum absolute atomic E-state index is 0.468. The second-order valence-corrected chi connectivity index (χ2v) is 4.71. The van der Waals surface area contributed by atoms with Crippen LogP contribution < -0.4 is 4.90 Å². The summed E-state index contributed by atoms with van der Waals surface area (Å²) >= 11 is 1.26. The van der Waals surface area contributed by atoms with Gasteiger partial charge in [0.25, 0.3) is 0 Å². The molecule has 0 saturated carbocycles. The summed E-state index contributed by atoms with van der Waals surface area (Å²) in [7, 11) is 0. The van der Waals surface area contributed by atoms with Crippen LogP contribution in [-0.4, -0.2) is 31.6 Å². The van der Waals surface area contributed by atoms with E-state index in [4.69, 9.17) is 0 Å². The first kappa shape index (κ1) is 9.77. The first-order valence-electron chi connectivity index (χ1n) is 5.36. The number of anilines is 1. The van der Waals surface area contributed by atoms with E-state index in [-0.39, 0.29) is 0 Å². The monoisotopic (exact) mass is 235 g/mol. The molecule has 3 rings (SSSR count). The van der Waals surface area contributed by atoms with E-state index in [1.807, 2.05) is 12.4 Å². The maximum absolute atomic E-state index is 4.37. The van der Waals surface area contributed by atoms with E-state index in [0.29, 0.717) is 6.04 Å². The van der Waals surface area contributed by atoms with E-state index >= 15 is 0 Å². The van der Waals surface area contributed by atoms with Crippen LogP contribution in [0.1, 0.15) is 18.0 Å². The Bertz CT molecular complexity index is 463. The molecule has 84 valence electrons. The Labute approximate surface area is 98.0 Å². The maximum Gasteiger partial charge on any atom is 0.162 e. The van der Waals surface area contributed by atoms with Crippen molar-refractivity contribution < 1.29 is 0 Å². The average molecular weight is 235 g/mol. The topological polar surface area (TPSA) is 46.8 Å². The number of rotatable bonds is 2.